The van der Waals surface area contributed by atoms with Gasteiger partial charge in [-0.25, -0.2) is 4.98 Å². The Labute approximate surface area is 98.9 Å². The molecule has 0 bridgehead atoms. The van der Waals surface area contributed by atoms with Crippen molar-refractivity contribution < 1.29 is 0 Å². The van der Waals surface area contributed by atoms with Crippen molar-refractivity contribution in [1.82, 2.24) is 9.88 Å². The highest BCUT2D eigenvalue weighted by Crippen LogP contribution is 2.07. The first-order valence-electron chi connectivity index (χ1n) is 6.22. The minimum atomic E-state index is 0.939. The Hall–Kier alpha value is -1.09. The van der Waals surface area contributed by atoms with Crippen molar-refractivity contribution in [3.63, 3.8) is 0 Å². The molecule has 0 aliphatic carbocycles. The lowest BCUT2D eigenvalue weighted by molar-refractivity contribution is 0.292. The molecule has 1 aromatic heterocycles. The quantitative estimate of drug-likeness (QED) is 0.767. The molecule has 0 amide bonds. The maximum Gasteiger partial charge on any atom is 0.126 e. The predicted octanol–water partition coefficient (Wildman–Crippen LogP) is 2.75. The van der Waals surface area contributed by atoms with Gasteiger partial charge >= 0.3 is 0 Å². The average Bonchev–Trinajstić information content (AvgIpc) is 2.34. The van der Waals surface area contributed by atoms with Gasteiger partial charge in [-0.05, 0) is 31.6 Å². The molecule has 0 aromatic carbocycles. The third kappa shape index (κ3) is 4.19. The fourth-order valence-electron chi connectivity index (χ4n) is 1.60. The molecule has 1 N–H and O–H groups in total. The minimum absolute atomic E-state index is 0.939. The molecular formula is C13H23N3. The van der Waals surface area contributed by atoms with Crippen molar-refractivity contribution in [3.8, 4) is 0 Å². The van der Waals surface area contributed by atoms with Gasteiger partial charge < -0.3 is 5.32 Å². The predicted molar refractivity (Wildman–Crippen MR) is 69.6 cm³/mol. The molecule has 0 saturated heterocycles. The molecule has 16 heavy (non-hydrogen) atoms. The highest BCUT2D eigenvalue weighted by molar-refractivity contribution is 5.35. The Morgan fingerprint density at radius 2 is 1.94 bits per heavy atom. The van der Waals surface area contributed by atoms with Gasteiger partial charge in [-0.2, -0.15) is 0 Å². The topological polar surface area (TPSA) is 28.2 Å². The summed E-state index contributed by atoms with van der Waals surface area (Å²) in [6, 6.07) is 6.20. The molecule has 0 spiro atoms. The highest BCUT2D eigenvalue weighted by Gasteiger charge is 2.02. The Morgan fingerprint density at radius 3 is 2.56 bits per heavy atom. The van der Waals surface area contributed by atoms with Gasteiger partial charge in [0.25, 0.3) is 0 Å². The first-order chi connectivity index (χ1) is 7.80. The van der Waals surface area contributed by atoms with Crippen molar-refractivity contribution in [3.05, 3.63) is 23.9 Å². The summed E-state index contributed by atoms with van der Waals surface area (Å²) in [7, 11) is 0. The Morgan fingerprint density at radius 1 is 1.19 bits per heavy atom. The van der Waals surface area contributed by atoms with Crippen molar-refractivity contribution >= 4 is 5.82 Å². The maximum atomic E-state index is 4.59. The molecule has 0 atom stereocenters. The number of rotatable bonds is 7. The first-order valence-corrected chi connectivity index (χ1v) is 6.22. The van der Waals surface area contributed by atoms with Crippen LogP contribution >= 0.6 is 0 Å². The second-order valence-corrected chi connectivity index (χ2v) is 3.90. The Bertz CT molecular complexity index is 295. The SMILES string of the molecule is CCCNc1cccc(CN(CC)CC)n1. The number of anilines is 1. The van der Waals surface area contributed by atoms with Crippen LogP contribution in [0, 0.1) is 0 Å². The van der Waals surface area contributed by atoms with Crippen LogP contribution < -0.4 is 5.32 Å². The van der Waals surface area contributed by atoms with E-state index >= 15 is 0 Å². The molecule has 0 aliphatic rings. The van der Waals surface area contributed by atoms with Gasteiger partial charge in [0.15, 0.2) is 0 Å². The summed E-state index contributed by atoms with van der Waals surface area (Å²) in [5.74, 6) is 0.992. The van der Waals surface area contributed by atoms with E-state index in [-0.39, 0.29) is 0 Å². The number of pyridine rings is 1. The van der Waals surface area contributed by atoms with E-state index in [2.05, 4.69) is 48.1 Å². The molecule has 0 saturated carbocycles. The monoisotopic (exact) mass is 221 g/mol. The van der Waals surface area contributed by atoms with E-state index in [1.54, 1.807) is 0 Å². The summed E-state index contributed by atoms with van der Waals surface area (Å²) in [6.45, 7) is 10.6. The number of nitrogens with zero attached hydrogens (tertiary/aromatic N) is 2. The number of nitrogens with one attached hydrogen (secondary N) is 1. The Balaban J connectivity index is 2.59. The summed E-state index contributed by atoms with van der Waals surface area (Å²) in [5.41, 5.74) is 1.14. The smallest absolute Gasteiger partial charge is 0.126 e. The van der Waals surface area contributed by atoms with Gasteiger partial charge in [0.1, 0.15) is 5.82 Å². The lowest BCUT2D eigenvalue weighted by atomic mass is 10.3. The lowest BCUT2D eigenvalue weighted by Gasteiger charge is -2.17. The lowest BCUT2D eigenvalue weighted by Crippen LogP contribution is -2.22. The molecule has 0 unspecified atom stereocenters. The van der Waals surface area contributed by atoms with E-state index in [1.165, 1.54) is 0 Å². The van der Waals surface area contributed by atoms with E-state index < -0.39 is 0 Å². The van der Waals surface area contributed by atoms with Crippen LogP contribution in [0.3, 0.4) is 0 Å². The first kappa shape index (κ1) is 13.0. The fourth-order valence-corrected chi connectivity index (χ4v) is 1.60. The molecule has 1 aromatic rings. The maximum absolute atomic E-state index is 4.59. The van der Waals surface area contributed by atoms with Crippen LogP contribution in [0.5, 0.6) is 0 Å². The third-order valence-corrected chi connectivity index (χ3v) is 2.64. The number of hydrogen-bond donors (Lipinski definition) is 1. The zero-order valence-corrected chi connectivity index (χ0v) is 10.7. The molecule has 3 heteroatoms. The summed E-state index contributed by atoms with van der Waals surface area (Å²) in [5, 5.41) is 3.31. The van der Waals surface area contributed by atoms with Crippen LogP contribution in [-0.4, -0.2) is 29.5 Å². The zero-order chi connectivity index (χ0) is 11.8. The largest absolute Gasteiger partial charge is 0.370 e. The van der Waals surface area contributed by atoms with Crippen LogP contribution in [0.15, 0.2) is 18.2 Å². The van der Waals surface area contributed by atoms with Gasteiger partial charge in [0.05, 0.1) is 5.69 Å². The number of hydrogen-bond acceptors (Lipinski definition) is 3. The van der Waals surface area contributed by atoms with Crippen LogP contribution in [-0.2, 0) is 6.54 Å². The zero-order valence-electron chi connectivity index (χ0n) is 10.7. The normalized spacial score (nSPS) is 10.8. The summed E-state index contributed by atoms with van der Waals surface area (Å²) < 4.78 is 0. The molecule has 0 radical (unpaired) electrons. The van der Waals surface area contributed by atoms with Crippen LogP contribution in [0.4, 0.5) is 5.82 Å². The molecule has 0 aliphatic heterocycles. The van der Waals surface area contributed by atoms with Crippen molar-refractivity contribution in [2.75, 3.05) is 25.0 Å². The van der Waals surface area contributed by atoms with Crippen LogP contribution in [0.2, 0.25) is 0 Å². The van der Waals surface area contributed by atoms with Gasteiger partial charge in [-0.3, -0.25) is 4.90 Å². The number of aromatic nitrogens is 1. The van der Waals surface area contributed by atoms with E-state index in [1.807, 2.05) is 6.07 Å². The van der Waals surface area contributed by atoms with Gasteiger partial charge in [0, 0.05) is 13.1 Å². The molecule has 0 fully saturated rings. The highest BCUT2D eigenvalue weighted by atomic mass is 15.1. The molecule has 1 heterocycles. The second-order valence-electron chi connectivity index (χ2n) is 3.90. The van der Waals surface area contributed by atoms with E-state index in [0.29, 0.717) is 0 Å². The Kier molecular flexibility index (Phi) is 5.86. The van der Waals surface area contributed by atoms with Crippen LogP contribution in [0.1, 0.15) is 32.9 Å². The van der Waals surface area contributed by atoms with Crippen molar-refractivity contribution in [2.45, 2.75) is 33.7 Å². The molecule has 90 valence electrons. The van der Waals surface area contributed by atoms with Crippen LogP contribution in [0.25, 0.3) is 0 Å². The summed E-state index contributed by atoms with van der Waals surface area (Å²) >= 11 is 0. The third-order valence-electron chi connectivity index (χ3n) is 2.64. The average molecular weight is 221 g/mol. The molecule has 1 rings (SSSR count). The van der Waals surface area contributed by atoms with E-state index in [4.69, 9.17) is 0 Å². The summed E-state index contributed by atoms with van der Waals surface area (Å²) in [4.78, 5) is 6.96. The van der Waals surface area contributed by atoms with E-state index in [9.17, 15) is 0 Å². The summed E-state index contributed by atoms with van der Waals surface area (Å²) in [6.07, 6.45) is 1.13. The van der Waals surface area contributed by atoms with Gasteiger partial charge in [-0.15, -0.1) is 0 Å². The standard InChI is InChI=1S/C13H23N3/c1-4-10-14-13-9-7-8-12(15-13)11-16(5-2)6-3/h7-9H,4-6,10-11H2,1-3H3,(H,14,15). The molecular weight excluding hydrogens is 198 g/mol. The van der Waals surface area contributed by atoms with Crippen molar-refractivity contribution in [1.29, 1.82) is 0 Å². The fraction of sp³-hybridized carbons (Fsp3) is 0.615. The van der Waals surface area contributed by atoms with Crippen molar-refractivity contribution in [2.24, 2.45) is 0 Å². The minimum Gasteiger partial charge on any atom is -0.370 e. The molecule has 3 nitrogen and oxygen atoms in total. The van der Waals surface area contributed by atoms with Gasteiger partial charge in [0.2, 0.25) is 0 Å². The van der Waals surface area contributed by atoms with E-state index in [0.717, 1.165) is 44.1 Å². The second kappa shape index (κ2) is 7.23. The van der Waals surface area contributed by atoms with Gasteiger partial charge in [-0.1, -0.05) is 26.8 Å².